The van der Waals surface area contributed by atoms with Gasteiger partial charge in [-0.15, -0.1) is 11.3 Å². The van der Waals surface area contributed by atoms with E-state index in [0.29, 0.717) is 11.2 Å². The van der Waals surface area contributed by atoms with Gasteiger partial charge in [0.25, 0.3) is 5.56 Å². The van der Waals surface area contributed by atoms with E-state index in [1.165, 1.54) is 16.9 Å². The van der Waals surface area contributed by atoms with Gasteiger partial charge in [-0.3, -0.25) is 14.2 Å². The van der Waals surface area contributed by atoms with Crippen LogP contribution in [0.1, 0.15) is 44.5 Å². The molecule has 0 unspecified atom stereocenters. The topological polar surface area (TPSA) is 78.0 Å². The normalized spacial score (nSPS) is 11.4. The number of amides is 1. The van der Waals surface area contributed by atoms with Crippen LogP contribution < -0.4 is 11.3 Å². The van der Waals surface area contributed by atoms with Gasteiger partial charge in [0.1, 0.15) is 10.7 Å². The van der Waals surface area contributed by atoms with Gasteiger partial charge in [-0.25, -0.2) is 4.98 Å². The molecule has 0 aliphatic carbocycles. The van der Waals surface area contributed by atoms with Crippen LogP contribution in [0.5, 0.6) is 0 Å². The van der Waals surface area contributed by atoms with Crippen molar-refractivity contribution in [2.24, 2.45) is 5.73 Å². The number of aryl methyl sites for hydroxylation is 1. The highest BCUT2D eigenvalue weighted by molar-refractivity contribution is 7.17. The predicted molar refractivity (Wildman–Crippen MR) is 107 cm³/mol. The van der Waals surface area contributed by atoms with Gasteiger partial charge >= 0.3 is 0 Å². The molecule has 2 N–H and O–H groups in total. The molecule has 1 amide bonds. The van der Waals surface area contributed by atoms with Crippen molar-refractivity contribution in [1.82, 2.24) is 9.55 Å². The van der Waals surface area contributed by atoms with Crippen molar-refractivity contribution in [1.29, 1.82) is 0 Å². The maximum absolute atomic E-state index is 13.2. The van der Waals surface area contributed by atoms with Gasteiger partial charge in [0.15, 0.2) is 0 Å². The second-order valence-corrected chi connectivity index (χ2v) is 7.54. The monoisotopic (exact) mass is 369 g/mol. The highest BCUT2D eigenvalue weighted by atomic mass is 32.1. The lowest BCUT2D eigenvalue weighted by Gasteiger charge is -2.14. The van der Waals surface area contributed by atoms with Crippen LogP contribution in [-0.4, -0.2) is 15.5 Å². The van der Waals surface area contributed by atoms with E-state index in [4.69, 9.17) is 10.7 Å². The Labute approximate surface area is 156 Å². The van der Waals surface area contributed by atoms with Gasteiger partial charge in [-0.1, -0.05) is 45.0 Å². The van der Waals surface area contributed by atoms with Gasteiger partial charge in [-0.2, -0.15) is 0 Å². The molecule has 6 heteroatoms. The SMILES string of the molecule is CCc1ccc(-c2csc3nc(C(C)C)n(CCC(N)=O)c(=O)c23)cc1. The summed E-state index contributed by atoms with van der Waals surface area (Å²) in [6.07, 6.45) is 1.10. The number of hydrogen-bond acceptors (Lipinski definition) is 4. The first-order valence-corrected chi connectivity index (χ1v) is 9.69. The summed E-state index contributed by atoms with van der Waals surface area (Å²) in [6.45, 7) is 6.36. The van der Waals surface area contributed by atoms with E-state index in [1.54, 1.807) is 4.57 Å². The Morgan fingerprint density at radius 2 is 1.96 bits per heavy atom. The number of rotatable bonds is 6. The Hall–Kier alpha value is -2.47. The summed E-state index contributed by atoms with van der Waals surface area (Å²) < 4.78 is 1.61. The molecule has 2 aromatic heterocycles. The number of benzene rings is 1. The average Bonchev–Trinajstić information content (AvgIpc) is 3.04. The Kier molecular flexibility index (Phi) is 5.23. The fraction of sp³-hybridized carbons (Fsp3) is 0.350. The molecule has 0 bridgehead atoms. The second kappa shape index (κ2) is 7.41. The maximum atomic E-state index is 13.2. The number of aromatic nitrogens is 2. The first-order chi connectivity index (χ1) is 12.4. The minimum atomic E-state index is -0.424. The molecule has 2 heterocycles. The van der Waals surface area contributed by atoms with Crippen molar-refractivity contribution in [3.05, 3.63) is 51.4 Å². The Balaban J connectivity index is 2.19. The number of thiophene rings is 1. The summed E-state index contributed by atoms with van der Waals surface area (Å²) in [5.41, 5.74) is 8.34. The second-order valence-electron chi connectivity index (χ2n) is 6.68. The van der Waals surface area contributed by atoms with E-state index in [2.05, 4.69) is 19.1 Å². The third-order valence-corrected chi connectivity index (χ3v) is 5.37. The number of hydrogen-bond donors (Lipinski definition) is 1. The standard InChI is InChI=1S/C20H23N3O2S/c1-4-13-5-7-14(8-6-13)15-11-26-19-17(15)20(25)23(10-9-16(21)24)18(22-19)12(2)3/h5-8,11-12H,4,9-10H2,1-3H3,(H2,21,24). The van der Waals surface area contributed by atoms with Crippen molar-refractivity contribution in [3.8, 4) is 11.1 Å². The molecule has 0 fully saturated rings. The van der Waals surface area contributed by atoms with E-state index in [-0.39, 0.29) is 24.4 Å². The molecule has 1 aromatic carbocycles. The minimum Gasteiger partial charge on any atom is -0.370 e. The molecule has 0 saturated heterocycles. The third-order valence-electron chi connectivity index (χ3n) is 4.49. The first kappa shape index (κ1) is 18.3. The fourth-order valence-electron chi connectivity index (χ4n) is 3.05. The number of nitrogens with zero attached hydrogens (tertiary/aromatic N) is 2. The molecular weight excluding hydrogens is 346 g/mol. The minimum absolute atomic E-state index is 0.0781. The Bertz CT molecular complexity index is 1000. The third kappa shape index (κ3) is 3.42. The molecule has 136 valence electrons. The molecule has 0 saturated carbocycles. The van der Waals surface area contributed by atoms with Gasteiger partial charge < -0.3 is 5.73 Å². The largest absolute Gasteiger partial charge is 0.370 e. The number of primary amides is 1. The molecule has 5 nitrogen and oxygen atoms in total. The van der Waals surface area contributed by atoms with Crippen LogP contribution >= 0.6 is 11.3 Å². The van der Waals surface area contributed by atoms with Crippen molar-refractivity contribution in [3.63, 3.8) is 0 Å². The number of fused-ring (bicyclic) bond motifs is 1. The van der Waals surface area contributed by atoms with E-state index < -0.39 is 5.91 Å². The summed E-state index contributed by atoms with van der Waals surface area (Å²) in [5.74, 6) is 0.347. The highest BCUT2D eigenvalue weighted by Crippen LogP contribution is 2.32. The van der Waals surface area contributed by atoms with E-state index in [0.717, 1.165) is 22.4 Å². The molecule has 0 aliphatic heterocycles. The van der Waals surface area contributed by atoms with Gasteiger partial charge in [-0.05, 0) is 17.5 Å². The highest BCUT2D eigenvalue weighted by Gasteiger charge is 2.18. The molecular formula is C20H23N3O2S. The van der Waals surface area contributed by atoms with Crippen LogP contribution in [0.25, 0.3) is 21.3 Å². The molecule has 0 atom stereocenters. The molecule has 0 radical (unpaired) electrons. The number of carbonyl (C=O) groups excluding carboxylic acids is 1. The lowest BCUT2D eigenvalue weighted by molar-refractivity contribution is -0.118. The van der Waals surface area contributed by atoms with Crippen molar-refractivity contribution >= 4 is 27.5 Å². The zero-order valence-electron chi connectivity index (χ0n) is 15.3. The van der Waals surface area contributed by atoms with Crippen molar-refractivity contribution in [2.45, 2.75) is 46.1 Å². The van der Waals surface area contributed by atoms with Gasteiger partial charge in [0, 0.05) is 29.8 Å². The summed E-state index contributed by atoms with van der Waals surface area (Å²) >= 11 is 1.48. The molecule has 0 aliphatic rings. The van der Waals surface area contributed by atoms with Crippen LogP contribution in [0.4, 0.5) is 0 Å². The average molecular weight is 369 g/mol. The van der Waals surface area contributed by atoms with E-state index >= 15 is 0 Å². The molecule has 0 spiro atoms. The summed E-state index contributed by atoms with van der Waals surface area (Å²) in [4.78, 5) is 29.9. The molecule has 3 aromatic rings. The van der Waals surface area contributed by atoms with Crippen LogP contribution in [0.2, 0.25) is 0 Å². The molecule has 26 heavy (non-hydrogen) atoms. The molecule has 3 rings (SSSR count). The van der Waals surface area contributed by atoms with Crippen LogP contribution in [-0.2, 0) is 17.8 Å². The smallest absolute Gasteiger partial charge is 0.262 e. The zero-order valence-corrected chi connectivity index (χ0v) is 16.1. The fourth-order valence-corrected chi connectivity index (χ4v) is 4.00. The van der Waals surface area contributed by atoms with Crippen molar-refractivity contribution < 1.29 is 4.79 Å². The predicted octanol–water partition coefficient (Wildman–Crippen LogP) is 3.69. The summed E-state index contributed by atoms with van der Waals surface area (Å²) in [7, 11) is 0. The maximum Gasteiger partial charge on any atom is 0.262 e. The number of carbonyl (C=O) groups is 1. The van der Waals surface area contributed by atoms with Crippen LogP contribution in [0.15, 0.2) is 34.4 Å². The van der Waals surface area contributed by atoms with Gasteiger partial charge in [0.2, 0.25) is 5.91 Å². The Morgan fingerprint density at radius 3 is 2.54 bits per heavy atom. The first-order valence-electron chi connectivity index (χ1n) is 8.82. The quantitative estimate of drug-likeness (QED) is 0.720. The lowest BCUT2D eigenvalue weighted by atomic mass is 10.0. The lowest BCUT2D eigenvalue weighted by Crippen LogP contribution is -2.28. The summed E-state index contributed by atoms with van der Waals surface area (Å²) in [5, 5.41) is 2.61. The Morgan fingerprint density at radius 1 is 1.27 bits per heavy atom. The van der Waals surface area contributed by atoms with Crippen LogP contribution in [0.3, 0.4) is 0 Å². The van der Waals surface area contributed by atoms with Crippen LogP contribution in [0, 0.1) is 0 Å². The van der Waals surface area contributed by atoms with E-state index in [9.17, 15) is 9.59 Å². The van der Waals surface area contributed by atoms with Crippen molar-refractivity contribution in [2.75, 3.05) is 0 Å². The zero-order chi connectivity index (χ0) is 18.8. The van der Waals surface area contributed by atoms with Gasteiger partial charge in [0.05, 0.1) is 5.39 Å². The van der Waals surface area contributed by atoms with E-state index in [1.807, 2.05) is 31.4 Å². The summed E-state index contributed by atoms with van der Waals surface area (Å²) in [6, 6.07) is 8.26. The number of nitrogens with two attached hydrogens (primary N) is 1.